The second kappa shape index (κ2) is 4.03. The lowest BCUT2D eigenvalue weighted by molar-refractivity contribution is -0.153. The van der Waals surface area contributed by atoms with E-state index < -0.39 is 0 Å². The Morgan fingerprint density at radius 1 is 1.15 bits per heavy atom. The number of rotatable bonds is 2. The number of nitrogens with two attached hydrogens (primary N) is 1. The van der Waals surface area contributed by atoms with Crippen LogP contribution in [0.1, 0.15) is 65.2 Å². The molecule has 3 atom stereocenters. The monoisotopic (exact) mass is 275 g/mol. The molecule has 2 heteroatoms. The fourth-order valence-corrected chi connectivity index (χ4v) is 6.98. The minimum atomic E-state index is 0.143. The first-order valence-corrected chi connectivity index (χ1v) is 8.51. The summed E-state index contributed by atoms with van der Waals surface area (Å²) in [5.41, 5.74) is 8.18. The molecular weight excluding hydrogens is 246 g/mol. The molecule has 0 amide bonds. The maximum Gasteiger partial charge on any atom is 0.109 e. The van der Waals surface area contributed by atoms with Gasteiger partial charge in [0.05, 0.1) is 12.6 Å². The molecule has 4 saturated carbocycles. The van der Waals surface area contributed by atoms with E-state index in [1.54, 1.807) is 0 Å². The van der Waals surface area contributed by atoms with Crippen LogP contribution >= 0.6 is 0 Å². The molecule has 20 heavy (non-hydrogen) atoms. The predicted molar refractivity (Wildman–Crippen MR) is 81.1 cm³/mol. The van der Waals surface area contributed by atoms with Crippen LogP contribution in [-0.2, 0) is 4.74 Å². The van der Waals surface area contributed by atoms with Crippen molar-refractivity contribution in [3.05, 3.63) is 11.8 Å². The van der Waals surface area contributed by atoms with Crippen LogP contribution < -0.4 is 5.73 Å². The maximum atomic E-state index is 6.77. The van der Waals surface area contributed by atoms with Gasteiger partial charge in [-0.15, -0.1) is 0 Å². The van der Waals surface area contributed by atoms with Gasteiger partial charge < -0.3 is 10.5 Å². The van der Waals surface area contributed by atoms with Crippen LogP contribution in [0.25, 0.3) is 0 Å². The zero-order valence-electron chi connectivity index (χ0n) is 13.1. The summed E-state index contributed by atoms with van der Waals surface area (Å²) in [6, 6.07) is 0.143. The fraction of sp³-hybridized carbons (Fsp3) is 0.889. The van der Waals surface area contributed by atoms with E-state index in [1.165, 1.54) is 38.5 Å². The molecule has 4 aliphatic carbocycles. The van der Waals surface area contributed by atoms with Crippen molar-refractivity contribution in [3.8, 4) is 0 Å². The second-order valence-corrected chi connectivity index (χ2v) is 9.07. The van der Waals surface area contributed by atoms with Crippen LogP contribution in [0.5, 0.6) is 0 Å². The summed E-state index contributed by atoms with van der Waals surface area (Å²) >= 11 is 0. The minimum absolute atomic E-state index is 0.143. The highest BCUT2D eigenvalue weighted by Crippen LogP contribution is 2.70. The van der Waals surface area contributed by atoms with Crippen LogP contribution in [0, 0.1) is 22.2 Å². The third-order valence-corrected chi connectivity index (χ3v) is 6.60. The van der Waals surface area contributed by atoms with Crippen molar-refractivity contribution in [3.63, 3.8) is 0 Å². The van der Waals surface area contributed by atoms with Gasteiger partial charge in [0.2, 0.25) is 0 Å². The third kappa shape index (κ3) is 1.87. The van der Waals surface area contributed by atoms with E-state index in [9.17, 15) is 0 Å². The molecule has 0 aromatic carbocycles. The summed E-state index contributed by atoms with van der Waals surface area (Å²) in [6.45, 7) is 5.91. The Bertz CT molecular complexity index is 436. The molecule has 5 aliphatic rings. The van der Waals surface area contributed by atoms with Crippen LogP contribution in [0.2, 0.25) is 0 Å². The van der Waals surface area contributed by atoms with Crippen molar-refractivity contribution < 1.29 is 4.74 Å². The average molecular weight is 275 g/mol. The number of ether oxygens (including phenoxy) is 1. The molecule has 0 saturated heterocycles. The predicted octanol–water partition coefficient (Wildman–Crippen LogP) is 4.00. The van der Waals surface area contributed by atoms with Crippen molar-refractivity contribution in [2.75, 3.05) is 6.61 Å². The Balaban J connectivity index is 1.68. The minimum Gasteiger partial charge on any atom is -0.497 e. The molecule has 0 spiro atoms. The lowest BCUT2D eigenvalue weighted by Gasteiger charge is -2.66. The van der Waals surface area contributed by atoms with Gasteiger partial charge in [-0.05, 0) is 79.6 Å². The van der Waals surface area contributed by atoms with Gasteiger partial charge >= 0.3 is 0 Å². The molecule has 3 unspecified atom stereocenters. The van der Waals surface area contributed by atoms with Gasteiger partial charge in [0.25, 0.3) is 0 Å². The van der Waals surface area contributed by atoms with Gasteiger partial charge in [-0.3, -0.25) is 0 Å². The van der Waals surface area contributed by atoms with E-state index in [2.05, 4.69) is 19.9 Å². The molecule has 1 aliphatic heterocycles. The Morgan fingerprint density at radius 3 is 2.40 bits per heavy atom. The van der Waals surface area contributed by atoms with Crippen molar-refractivity contribution in [1.82, 2.24) is 0 Å². The zero-order valence-corrected chi connectivity index (χ0v) is 13.1. The van der Waals surface area contributed by atoms with Gasteiger partial charge in [-0.25, -0.2) is 0 Å². The number of hydrogen-bond donors (Lipinski definition) is 1. The Kier molecular flexibility index (Phi) is 2.66. The molecule has 0 aromatic rings. The molecule has 2 N–H and O–H groups in total. The lowest BCUT2D eigenvalue weighted by Crippen LogP contribution is -2.61. The Labute approximate surface area is 123 Å². The fourth-order valence-electron chi connectivity index (χ4n) is 6.98. The summed E-state index contributed by atoms with van der Waals surface area (Å²) in [4.78, 5) is 0. The summed E-state index contributed by atoms with van der Waals surface area (Å²) in [7, 11) is 0. The SMILES string of the molecule is CC12CC3CC(C)(C1)CC(C(N)C1=CCCCO1)(C3)C2. The molecule has 1 heterocycles. The molecule has 2 nitrogen and oxygen atoms in total. The van der Waals surface area contributed by atoms with E-state index in [1.807, 2.05) is 0 Å². The van der Waals surface area contributed by atoms with Crippen molar-refractivity contribution in [2.24, 2.45) is 27.9 Å². The maximum absolute atomic E-state index is 6.77. The summed E-state index contributed by atoms with van der Waals surface area (Å²) in [5, 5.41) is 0. The largest absolute Gasteiger partial charge is 0.497 e. The van der Waals surface area contributed by atoms with Gasteiger partial charge in [-0.2, -0.15) is 0 Å². The summed E-state index contributed by atoms with van der Waals surface area (Å²) in [5.74, 6) is 2.03. The van der Waals surface area contributed by atoms with E-state index in [4.69, 9.17) is 10.5 Å². The standard InChI is InChI=1S/C18H29NO/c1-16-7-13-8-17(2,10-16)12-18(9-13,11-16)15(19)14-5-3-4-6-20-14/h5,13,15H,3-4,6-12,19H2,1-2H3. The Hall–Kier alpha value is -0.500. The molecule has 4 fully saturated rings. The molecule has 0 radical (unpaired) electrons. The summed E-state index contributed by atoms with van der Waals surface area (Å²) in [6.07, 6.45) is 12.9. The van der Waals surface area contributed by atoms with Crippen LogP contribution in [0.15, 0.2) is 11.8 Å². The molecular formula is C18H29NO. The molecule has 4 bridgehead atoms. The van der Waals surface area contributed by atoms with Gasteiger partial charge in [0.15, 0.2) is 0 Å². The van der Waals surface area contributed by atoms with Crippen LogP contribution in [0.4, 0.5) is 0 Å². The van der Waals surface area contributed by atoms with E-state index in [0.29, 0.717) is 16.2 Å². The topological polar surface area (TPSA) is 35.2 Å². The van der Waals surface area contributed by atoms with Crippen molar-refractivity contribution >= 4 is 0 Å². The first-order chi connectivity index (χ1) is 9.42. The Morgan fingerprint density at radius 2 is 1.85 bits per heavy atom. The van der Waals surface area contributed by atoms with Gasteiger partial charge in [0, 0.05) is 0 Å². The highest BCUT2D eigenvalue weighted by Gasteiger charge is 2.62. The zero-order chi connectivity index (χ0) is 14.0. The highest BCUT2D eigenvalue weighted by molar-refractivity contribution is 5.19. The normalized spacial score (nSPS) is 51.5. The van der Waals surface area contributed by atoms with Crippen molar-refractivity contribution in [2.45, 2.75) is 71.3 Å². The molecule has 5 rings (SSSR count). The van der Waals surface area contributed by atoms with E-state index >= 15 is 0 Å². The second-order valence-electron chi connectivity index (χ2n) is 9.07. The van der Waals surface area contributed by atoms with Crippen molar-refractivity contribution in [1.29, 1.82) is 0 Å². The smallest absolute Gasteiger partial charge is 0.109 e. The van der Waals surface area contributed by atoms with Gasteiger partial charge in [-0.1, -0.05) is 13.8 Å². The number of allylic oxidation sites excluding steroid dienone is 1. The molecule has 112 valence electrons. The first kappa shape index (κ1) is 13.2. The number of hydrogen-bond acceptors (Lipinski definition) is 2. The lowest BCUT2D eigenvalue weighted by atomic mass is 9.39. The highest BCUT2D eigenvalue weighted by atomic mass is 16.5. The quantitative estimate of drug-likeness (QED) is 0.826. The van der Waals surface area contributed by atoms with E-state index in [0.717, 1.165) is 31.1 Å². The molecule has 0 aromatic heterocycles. The van der Waals surface area contributed by atoms with Gasteiger partial charge in [0.1, 0.15) is 5.76 Å². The first-order valence-electron chi connectivity index (χ1n) is 8.51. The van der Waals surface area contributed by atoms with E-state index in [-0.39, 0.29) is 6.04 Å². The summed E-state index contributed by atoms with van der Waals surface area (Å²) < 4.78 is 5.93. The van der Waals surface area contributed by atoms with Crippen LogP contribution in [-0.4, -0.2) is 12.6 Å². The average Bonchev–Trinajstić information content (AvgIpc) is 2.34. The van der Waals surface area contributed by atoms with Crippen LogP contribution in [0.3, 0.4) is 0 Å². The third-order valence-electron chi connectivity index (χ3n) is 6.60.